The molecule has 0 amide bonds. The number of epoxide rings is 1. The molecule has 1 atom stereocenters. The van der Waals surface area contributed by atoms with Gasteiger partial charge in [-0.05, 0) is 135 Å². The minimum absolute atomic E-state index is 0.0360. The van der Waals surface area contributed by atoms with Crippen molar-refractivity contribution in [1.29, 1.82) is 0 Å². The van der Waals surface area contributed by atoms with Gasteiger partial charge in [0.2, 0.25) is 0 Å². The highest BCUT2D eigenvalue weighted by Crippen LogP contribution is 2.44. The molecule has 3 aromatic rings. The van der Waals surface area contributed by atoms with Crippen LogP contribution in [0.4, 0.5) is 26.3 Å². The number of rotatable bonds is 10. The second kappa shape index (κ2) is 14.4. The highest BCUT2D eigenvalue weighted by Gasteiger charge is 2.33. The van der Waals surface area contributed by atoms with Gasteiger partial charge in [-0.1, -0.05) is 48.6 Å². The Morgan fingerprint density at radius 3 is 1.48 bits per heavy atom. The second-order valence-corrected chi connectivity index (χ2v) is 13.5. The van der Waals surface area contributed by atoms with Gasteiger partial charge < -0.3 is 4.74 Å². The molecule has 0 N–H and O–H groups in total. The van der Waals surface area contributed by atoms with E-state index >= 15 is 8.78 Å². The second-order valence-electron chi connectivity index (χ2n) is 13.5. The lowest BCUT2D eigenvalue weighted by Crippen LogP contribution is -2.17. The molecule has 2 saturated carbocycles. The normalized spacial score (nSPS) is 24.9. The van der Waals surface area contributed by atoms with Crippen LogP contribution >= 0.6 is 0 Å². The number of hydrogen-bond acceptors (Lipinski definition) is 1. The van der Waals surface area contributed by atoms with Crippen LogP contribution in [0.25, 0.3) is 0 Å². The molecule has 2 aliphatic carbocycles. The number of halogens is 6. The van der Waals surface area contributed by atoms with E-state index in [1.165, 1.54) is 0 Å². The molecule has 246 valence electrons. The van der Waals surface area contributed by atoms with Gasteiger partial charge in [0.1, 0.15) is 6.10 Å². The fourth-order valence-corrected chi connectivity index (χ4v) is 7.84. The summed E-state index contributed by atoms with van der Waals surface area (Å²) in [5.41, 5.74) is 2.17. The van der Waals surface area contributed by atoms with Crippen molar-refractivity contribution in [3.8, 4) is 0 Å². The topological polar surface area (TPSA) is 12.5 Å². The molecule has 0 spiro atoms. The van der Waals surface area contributed by atoms with Crippen molar-refractivity contribution >= 4 is 0 Å². The Balaban J connectivity index is 1.01. The van der Waals surface area contributed by atoms with Crippen LogP contribution < -0.4 is 0 Å². The summed E-state index contributed by atoms with van der Waals surface area (Å²) in [4.78, 5) is 0. The predicted molar refractivity (Wildman–Crippen MR) is 168 cm³/mol. The number of benzene rings is 3. The van der Waals surface area contributed by atoms with Crippen LogP contribution in [-0.2, 0) is 17.6 Å². The summed E-state index contributed by atoms with van der Waals surface area (Å²) in [6.07, 6.45) is 11.2. The Labute approximate surface area is 268 Å². The van der Waals surface area contributed by atoms with Gasteiger partial charge in [-0.3, -0.25) is 0 Å². The molecule has 7 heteroatoms. The lowest BCUT2D eigenvalue weighted by molar-refractivity contribution is 0.303. The SMILES string of the molecule is C/C=C/CCc1ccc(C2CCC(CCc3ccc(C4CCC(c5ccc(C6CO6)c(F)c5F)CC4)c(F)c3F)CC2)c(F)c1F. The van der Waals surface area contributed by atoms with E-state index in [2.05, 4.69) is 0 Å². The monoisotopic (exact) mass is 640 g/mol. The molecular formula is C39H42F6O. The molecule has 1 aliphatic heterocycles. The van der Waals surface area contributed by atoms with Gasteiger partial charge in [0.05, 0.1) is 6.61 Å². The van der Waals surface area contributed by atoms with Crippen molar-refractivity contribution in [3.63, 3.8) is 0 Å². The van der Waals surface area contributed by atoms with E-state index in [1.807, 2.05) is 19.1 Å². The van der Waals surface area contributed by atoms with Crippen molar-refractivity contribution in [2.45, 2.75) is 108 Å². The highest BCUT2D eigenvalue weighted by atomic mass is 19.2. The Morgan fingerprint density at radius 1 is 0.565 bits per heavy atom. The van der Waals surface area contributed by atoms with Crippen LogP contribution in [0.5, 0.6) is 0 Å². The zero-order valence-electron chi connectivity index (χ0n) is 26.4. The average Bonchev–Trinajstić information content (AvgIpc) is 3.91. The van der Waals surface area contributed by atoms with Gasteiger partial charge in [-0.15, -0.1) is 0 Å². The molecule has 3 fully saturated rings. The molecule has 1 heterocycles. The van der Waals surface area contributed by atoms with Gasteiger partial charge in [0, 0.05) is 5.56 Å². The Kier molecular flexibility index (Phi) is 10.3. The maximum Gasteiger partial charge on any atom is 0.165 e. The fourth-order valence-electron chi connectivity index (χ4n) is 7.84. The Morgan fingerprint density at radius 2 is 0.978 bits per heavy atom. The minimum Gasteiger partial charge on any atom is -0.368 e. The third-order valence-electron chi connectivity index (χ3n) is 10.7. The van der Waals surface area contributed by atoms with E-state index in [1.54, 1.807) is 36.4 Å². The number of aryl methyl sites for hydroxylation is 2. The maximum atomic E-state index is 15.3. The first-order valence-electron chi connectivity index (χ1n) is 16.9. The van der Waals surface area contributed by atoms with E-state index in [9.17, 15) is 17.6 Å². The number of hydrogen-bond donors (Lipinski definition) is 0. The summed E-state index contributed by atoms with van der Waals surface area (Å²) in [5, 5.41) is 0. The Bertz CT molecular complexity index is 1560. The third-order valence-corrected chi connectivity index (χ3v) is 10.7. The first-order chi connectivity index (χ1) is 22.3. The standard InChI is InChI=1S/C39H42F6O/c1-2-3-4-5-27-16-18-29(36(42)34(27)40)24-9-6-23(7-10-24)8-11-28-17-19-30(37(43)35(28)41)25-12-14-26(15-13-25)31-20-21-32(33-22-46-33)39(45)38(31)44/h2-3,16-21,23-26,33H,4-15,22H2,1H3/b3-2+. The van der Waals surface area contributed by atoms with E-state index in [4.69, 9.17) is 4.74 Å². The third kappa shape index (κ3) is 6.95. The molecule has 3 aromatic carbocycles. The van der Waals surface area contributed by atoms with Crippen LogP contribution in [-0.4, -0.2) is 6.61 Å². The summed E-state index contributed by atoms with van der Waals surface area (Å²) < 4.78 is 94.7. The van der Waals surface area contributed by atoms with Crippen molar-refractivity contribution in [1.82, 2.24) is 0 Å². The van der Waals surface area contributed by atoms with Crippen LogP contribution in [0.2, 0.25) is 0 Å². The zero-order valence-corrected chi connectivity index (χ0v) is 26.4. The largest absolute Gasteiger partial charge is 0.368 e. The zero-order chi connectivity index (χ0) is 32.4. The smallest absolute Gasteiger partial charge is 0.165 e. The maximum absolute atomic E-state index is 15.3. The van der Waals surface area contributed by atoms with Gasteiger partial charge in [-0.25, -0.2) is 26.3 Å². The van der Waals surface area contributed by atoms with Gasteiger partial charge in [0.25, 0.3) is 0 Å². The van der Waals surface area contributed by atoms with Crippen LogP contribution in [0.3, 0.4) is 0 Å². The molecule has 1 saturated heterocycles. The summed E-state index contributed by atoms with van der Waals surface area (Å²) in [5.74, 6) is -4.79. The van der Waals surface area contributed by atoms with Crippen molar-refractivity contribution in [3.05, 3.63) is 117 Å². The molecule has 46 heavy (non-hydrogen) atoms. The van der Waals surface area contributed by atoms with Gasteiger partial charge in [-0.2, -0.15) is 0 Å². The van der Waals surface area contributed by atoms with E-state index < -0.39 is 34.9 Å². The molecule has 0 aromatic heterocycles. The molecular weight excluding hydrogens is 598 g/mol. The molecule has 1 nitrogen and oxygen atoms in total. The number of allylic oxidation sites excluding steroid dienone is 2. The first kappa shape index (κ1) is 32.9. The summed E-state index contributed by atoms with van der Waals surface area (Å²) in [7, 11) is 0. The lowest BCUT2D eigenvalue weighted by atomic mass is 9.75. The molecule has 1 unspecified atom stereocenters. The quantitative estimate of drug-likeness (QED) is 0.122. The van der Waals surface area contributed by atoms with Crippen LogP contribution in [0, 0.1) is 40.8 Å². The molecule has 6 rings (SSSR count). The van der Waals surface area contributed by atoms with E-state index in [-0.39, 0.29) is 29.4 Å². The van der Waals surface area contributed by atoms with E-state index in [0.717, 1.165) is 25.7 Å². The highest BCUT2D eigenvalue weighted by molar-refractivity contribution is 5.34. The van der Waals surface area contributed by atoms with Crippen molar-refractivity contribution in [2.24, 2.45) is 5.92 Å². The van der Waals surface area contributed by atoms with Crippen LogP contribution in [0.15, 0.2) is 48.6 Å². The molecule has 0 bridgehead atoms. The van der Waals surface area contributed by atoms with E-state index in [0.29, 0.717) is 91.7 Å². The van der Waals surface area contributed by atoms with Crippen LogP contribution in [0.1, 0.15) is 128 Å². The molecule has 3 aliphatic rings. The first-order valence-corrected chi connectivity index (χ1v) is 16.9. The fraction of sp³-hybridized carbons (Fsp3) is 0.487. The number of ether oxygens (including phenoxy) is 1. The predicted octanol–water partition coefficient (Wildman–Crippen LogP) is 11.4. The van der Waals surface area contributed by atoms with Gasteiger partial charge >= 0.3 is 0 Å². The van der Waals surface area contributed by atoms with Crippen molar-refractivity contribution in [2.75, 3.05) is 6.61 Å². The average molecular weight is 641 g/mol. The summed E-state index contributed by atoms with van der Waals surface area (Å²) in [6, 6.07) is 10.1. The summed E-state index contributed by atoms with van der Waals surface area (Å²) in [6.45, 7) is 2.31. The Hall–Kier alpha value is -3.06. The minimum atomic E-state index is -0.843. The van der Waals surface area contributed by atoms with Crippen molar-refractivity contribution < 1.29 is 31.1 Å². The molecule has 0 radical (unpaired) electrons. The lowest BCUT2D eigenvalue weighted by Gasteiger charge is -2.30. The van der Waals surface area contributed by atoms with Gasteiger partial charge in [0.15, 0.2) is 34.9 Å². The summed E-state index contributed by atoms with van der Waals surface area (Å²) >= 11 is 0.